The number of alkyl halides is 3. The lowest BCUT2D eigenvalue weighted by Gasteiger charge is -2.44. The number of hydrogen-bond acceptors (Lipinski definition) is 4. The van der Waals surface area contributed by atoms with Gasteiger partial charge < -0.3 is 24.5 Å². The van der Waals surface area contributed by atoms with E-state index in [4.69, 9.17) is 51.4 Å². The van der Waals surface area contributed by atoms with Crippen molar-refractivity contribution in [3.63, 3.8) is 0 Å². The second-order valence-electron chi connectivity index (χ2n) is 7.48. The van der Waals surface area contributed by atoms with Crippen LogP contribution in [0.5, 0.6) is 0 Å². The number of fused-ring (bicyclic) bond motifs is 4. The van der Waals surface area contributed by atoms with E-state index < -0.39 is 15.9 Å². The van der Waals surface area contributed by atoms with E-state index in [1.165, 1.54) is 12.3 Å². The van der Waals surface area contributed by atoms with Gasteiger partial charge in [-0.3, -0.25) is 9.59 Å². The van der Waals surface area contributed by atoms with Crippen LogP contribution in [0.2, 0.25) is 0 Å². The molecule has 30 heavy (non-hydrogen) atoms. The maximum atomic E-state index is 12.3. The number of nitrogens with one attached hydrogen (secondary N) is 2. The number of carbonyl (C=O) groups excluding carboxylic acids is 1. The molecule has 2 bridgehead atoms. The molecule has 1 saturated heterocycles. The maximum Gasteiger partial charge on any atom is 0.288 e. The molecule has 2 aliphatic rings. The molecule has 1 amide bonds. The van der Waals surface area contributed by atoms with Gasteiger partial charge in [-0.25, -0.2) is 0 Å². The standard InChI is InChI=1S/C19H19Cl3N4O3S/c20-19(21,22)17(23-16(28)14-4-2-6-29-14)24-18(30)25-8-11-7-12(10-25)13-3-1-5-15(27)26(13)9-11/h1-6,11-12,17H,7-10H2,(H,23,28)(H,24,30). The molecule has 3 atom stereocenters. The number of pyridine rings is 1. The minimum absolute atomic E-state index is 0.0215. The Labute approximate surface area is 193 Å². The molecule has 2 aromatic rings. The normalized spacial score (nSPS) is 21.5. The fourth-order valence-electron chi connectivity index (χ4n) is 4.09. The van der Waals surface area contributed by atoms with E-state index in [1.54, 1.807) is 18.2 Å². The number of furan rings is 1. The Morgan fingerprint density at radius 2 is 1.97 bits per heavy atom. The van der Waals surface area contributed by atoms with Crippen molar-refractivity contribution < 1.29 is 9.21 Å². The van der Waals surface area contributed by atoms with Crippen molar-refractivity contribution in [3.8, 4) is 0 Å². The molecule has 160 valence electrons. The van der Waals surface area contributed by atoms with E-state index >= 15 is 0 Å². The zero-order chi connectivity index (χ0) is 21.5. The van der Waals surface area contributed by atoms with Crippen LogP contribution in [-0.4, -0.2) is 43.5 Å². The molecule has 4 heterocycles. The minimum Gasteiger partial charge on any atom is -0.459 e. The first-order chi connectivity index (χ1) is 14.2. The lowest BCUT2D eigenvalue weighted by molar-refractivity contribution is 0.0904. The first kappa shape index (κ1) is 21.5. The van der Waals surface area contributed by atoms with E-state index in [0.717, 1.165) is 12.1 Å². The number of amides is 1. The highest BCUT2D eigenvalue weighted by Crippen LogP contribution is 2.35. The summed E-state index contributed by atoms with van der Waals surface area (Å²) in [5.74, 6) is 0.0158. The smallest absolute Gasteiger partial charge is 0.288 e. The van der Waals surface area contributed by atoms with Crippen LogP contribution < -0.4 is 16.2 Å². The van der Waals surface area contributed by atoms with Gasteiger partial charge in [-0.1, -0.05) is 40.9 Å². The SMILES string of the molecule is O=C(NC(NC(=S)N1CC2CC(C1)c1cccc(=O)n1C2)C(Cl)(Cl)Cl)c1ccco1. The van der Waals surface area contributed by atoms with Gasteiger partial charge in [0, 0.05) is 37.3 Å². The summed E-state index contributed by atoms with van der Waals surface area (Å²) in [6, 6.07) is 8.45. The van der Waals surface area contributed by atoms with Crippen molar-refractivity contribution >= 4 is 58.0 Å². The maximum absolute atomic E-state index is 12.3. The second-order valence-corrected chi connectivity index (χ2v) is 10.2. The molecule has 2 aliphatic heterocycles. The summed E-state index contributed by atoms with van der Waals surface area (Å²) in [6.07, 6.45) is 1.31. The zero-order valence-corrected chi connectivity index (χ0v) is 18.8. The Kier molecular flexibility index (Phi) is 6.03. The number of piperidine rings is 1. The molecule has 11 heteroatoms. The lowest BCUT2D eigenvalue weighted by Crippen LogP contribution is -2.60. The summed E-state index contributed by atoms with van der Waals surface area (Å²) >= 11 is 23.8. The van der Waals surface area contributed by atoms with Crippen molar-refractivity contribution in [1.29, 1.82) is 0 Å². The second kappa shape index (κ2) is 8.42. The highest BCUT2D eigenvalue weighted by Gasteiger charge is 2.39. The van der Waals surface area contributed by atoms with Gasteiger partial charge in [0.1, 0.15) is 6.17 Å². The largest absolute Gasteiger partial charge is 0.459 e. The summed E-state index contributed by atoms with van der Waals surface area (Å²) in [6.45, 7) is 1.94. The van der Waals surface area contributed by atoms with Crippen LogP contribution in [-0.2, 0) is 6.54 Å². The molecule has 2 aromatic heterocycles. The number of halogens is 3. The van der Waals surface area contributed by atoms with Crippen LogP contribution >= 0.6 is 47.0 Å². The van der Waals surface area contributed by atoms with Gasteiger partial charge >= 0.3 is 0 Å². The fraction of sp³-hybridized carbons (Fsp3) is 0.421. The summed E-state index contributed by atoms with van der Waals surface area (Å²) in [4.78, 5) is 26.5. The third-order valence-corrected chi connectivity index (χ3v) is 6.41. The highest BCUT2D eigenvalue weighted by atomic mass is 35.6. The van der Waals surface area contributed by atoms with Crippen LogP contribution in [0.3, 0.4) is 0 Å². The summed E-state index contributed by atoms with van der Waals surface area (Å²) < 4.78 is 5.08. The Morgan fingerprint density at radius 1 is 1.17 bits per heavy atom. The van der Waals surface area contributed by atoms with E-state index in [0.29, 0.717) is 24.7 Å². The van der Waals surface area contributed by atoms with Crippen molar-refractivity contribution in [2.75, 3.05) is 13.1 Å². The number of nitrogens with zero attached hydrogens (tertiary/aromatic N) is 2. The summed E-state index contributed by atoms with van der Waals surface area (Å²) in [5, 5.41) is 5.94. The quantitative estimate of drug-likeness (QED) is 0.392. The zero-order valence-electron chi connectivity index (χ0n) is 15.7. The number of rotatable bonds is 3. The molecule has 1 fully saturated rings. The topological polar surface area (TPSA) is 79.5 Å². The van der Waals surface area contributed by atoms with Crippen molar-refractivity contribution in [3.05, 3.63) is 58.4 Å². The molecule has 3 unspecified atom stereocenters. The van der Waals surface area contributed by atoms with Gasteiger partial charge in [-0.05, 0) is 42.8 Å². The molecule has 0 spiro atoms. The van der Waals surface area contributed by atoms with Crippen molar-refractivity contribution in [2.45, 2.75) is 28.8 Å². The first-order valence-electron chi connectivity index (χ1n) is 9.38. The first-order valence-corrected chi connectivity index (χ1v) is 10.9. The molecule has 7 nitrogen and oxygen atoms in total. The Hall–Kier alpha value is -1.74. The number of likely N-dealkylation sites (tertiary alicyclic amines) is 1. The predicted molar refractivity (Wildman–Crippen MR) is 119 cm³/mol. The minimum atomic E-state index is -1.85. The van der Waals surface area contributed by atoms with Crippen LogP contribution in [0.1, 0.15) is 28.6 Å². The molecule has 0 saturated carbocycles. The van der Waals surface area contributed by atoms with Crippen molar-refractivity contribution in [1.82, 2.24) is 20.1 Å². The predicted octanol–water partition coefficient (Wildman–Crippen LogP) is 2.86. The Balaban J connectivity index is 1.47. The number of aromatic nitrogens is 1. The van der Waals surface area contributed by atoms with E-state index in [-0.39, 0.29) is 23.2 Å². The molecule has 2 N–H and O–H groups in total. The van der Waals surface area contributed by atoms with E-state index in [9.17, 15) is 9.59 Å². The van der Waals surface area contributed by atoms with Crippen LogP contribution in [0.15, 0.2) is 45.8 Å². The molecular formula is C19H19Cl3N4O3S. The Bertz CT molecular complexity index is 1010. The molecular weight excluding hydrogens is 471 g/mol. The molecule has 0 aliphatic carbocycles. The lowest BCUT2D eigenvalue weighted by atomic mass is 9.83. The van der Waals surface area contributed by atoms with Crippen LogP contribution in [0, 0.1) is 5.92 Å². The average molecular weight is 490 g/mol. The Morgan fingerprint density at radius 3 is 2.67 bits per heavy atom. The van der Waals surface area contributed by atoms with Crippen LogP contribution in [0.4, 0.5) is 0 Å². The average Bonchev–Trinajstić information content (AvgIpc) is 3.22. The van der Waals surface area contributed by atoms with E-state index in [2.05, 4.69) is 10.6 Å². The number of thiocarbonyl (C=S) groups is 1. The third kappa shape index (κ3) is 4.46. The summed E-state index contributed by atoms with van der Waals surface area (Å²) in [7, 11) is 0. The number of hydrogen-bond donors (Lipinski definition) is 2. The van der Waals surface area contributed by atoms with Gasteiger partial charge in [-0.2, -0.15) is 0 Å². The van der Waals surface area contributed by atoms with Crippen molar-refractivity contribution in [2.24, 2.45) is 5.92 Å². The monoisotopic (exact) mass is 488 g/mol. The highest BCUT2D eigenvalue weighted by molar-refractivity contribution is 7.80. The van der Waals surface area contributed by atoms with Gasteiger partial charge in [0.2, 0.25) is 3.79 Å². The third-order valence-electron chi connectivity index (χ3n) is 5.38. The molecule has 4 rings (SSSR count). The van der Waals surface area contributed by atoms with E-state index in [1.807, 2.05) is 15.5 Å². The van der Waals surface area contributed by atoms with Gasteiger partial charge in [0.25, 0.3) is 11.5 Å². The van der Waals surface area contributed by atoms with Gasteiger partial charge in [0.05, 0.1) is 6.26 Å². The molecule has 0 aromatic carbocycles. The van der Waals surface area contributed by atoms with Gasteiger partial charge in [0.15, 0.2) is 10.9 Å². The van der Waals surface area contributed by atoms with Gasteiger partial charge in [-0.15, -0.1) is 0 Å². The number of carbonyl (C=O) groups is 1. The fourth-order valence-corrected chi connectivity index (χ4v) is 4.68. The molecule has 0 radical (unpaired) electrons. The van der Waals surface area contributed by atoms with Crippen LogP contribution in [0.25, 0.3) is 0 Å². The summed E-state index contributed by atoms with van der Waals surface area (Å²) in [5.41, 5.74) is 1.03.